The minimum atomic E-state index is -0.402. The van der Waals surface area contributed by atoms with Crippen molar-refractivity contribution in [2.75, 3.05) is 0 Å². The predicted molar refractivity (Wildman–Crippen MR) is 36.0 cm³/mol. The Morgan fingerprint density at radius 1 is 1.60 bits per heavy atom. The Balaban J connectivity index is 2.51. The molecule has 0 fully saturated rings. The summed E-state index contributed by atoms with van der Waals surface area (Å²) in [6.07, 6.45) is 6.66. The number of hydrogen-bond donors (Lipinski definition) is 3. The number of carbonyl (C=O) groups is 1. The summed E-state index contributed by atoms with van der Waals surface area (Å²) in [5, 5.41) is 1.22. The highest BCUT2D eigenvalue weighted by atomic mass is 16.2. The van der Waals surface area contributed by atoms with Gasteiger partial charge in [0.15, 0.2) is 0 Å². The molecule has 0 aromatic heterocycles. The van der Waals surface area contributed by atoms with E-state index >= 15 is 0 Å². The van der Waals surface area contributed by atoms with E-state index in [0.29, 0.717) is 0 Å². The Morgan fingerprint density at radius 2 is 2.40 bits per heavy atom. The molecule has 2 amide bonds. The fourth-order valence-electron chi connectivity index (χ4n) is 0.554. The fraction of sp³-hybridized carbons (Fsp3) is 0. The molecular formula is C5H8N4O. The fourth-order valence-corrected chi connectivity index (χ4v) is 0.554. The van der Waals surface area contributed by atoms with E-state index in [-0.39, 0.29) is 0 Å². The summed E-state index contributed by atoms with van der Waals surface area (Å²) in [6, 6.07) is -0.402. The van der Waals surface area contributed by atoms with Crippen LogP contribution < -0.4 is 16.7 Å². The van der Waals surface area contributed by atoms with Crippen LogP contribution in [0, 0.1) is 0 Å². The van der Waals surface area contributed by atoms with Crippen molar-refractivity contribution in [1.29, 1.82) is 0 Å². The van der Waals surface area contributed by atoms with Crippen LogP contribution in [0.5, 0.6) is 0 Å². The third-order valence-corrected chi connectivity index (χ3v) is 0.998. The van der Waals surface area contributed by atoms with E-state index in [1.807, 2.05) is 5.43 Å². The van der Waals surface area contributed by atoms with Crippen molar-refractivity contribution >= 4 is 6.03 Å². The molecule has 1 rings (SSSR count). The van der Waals surface area contributed by atoms with Crippen LogP contribution in [0.25, 0.3) is 0 Å². The molecule has 0 aromatic carbocycles. The molecule has 1 aliphatic rings. The van der Waals surface area contributed by atoms with Crippen molar-refractivity contribution in [2.24, 2.45) is 5.84 Å². The van der Waals surface area contributed by atoms with Crippen molar-refractivity contribution in [3.8, 4) is 0 Å². The Hall–Kier alpha value is -1.49. The van der Waals surface area contributed by atoms with Gasteiger partial charge in [-0.1, -0.05) is 0 Å². The normalized spacial score (nSPS) is 14.7. The zero-order valence-corrected chi connectivity index (χ0v) is 5.24. The van der Waals surface area contributed by atoms with Gasteiger partial charge in [-0.15, -0.1) is 0 Å². The highest BCUT2D eigenvalue weighted by Crippen LogP contribution is 1.91. The Labute approximate surface area is 58.1 Å². The van der Waals surface area contributed by atoms with Gasteiger partial charge in [0.25, 0.3) is 0 Å². The van der Waals surface area contributed by atoms with Gasteiger partial charge >= 0.3 is 6.03 Å². The number of hydrogen-bond acceptors (Lipinski definition) is 3. The Bertz CT molecular complexity index is 186. The van der Waals surface area contributed by atoms with E-state index in [0.717, 1.165) is 0 Å². The number of allylic oxidation sites excluding steroid dienone is 2. The molecule has 10 heavy (non-hydrogen) atoms. The molecule has 4 N–H and O–H groups in total. The van der Waals surface area contributed by atoms with Crippen LogP contribution in [0.2, 0.25) is 0 Å². The third kappa shape index (κ3) is 1.26. The maximum atomic E-state index is 10.7. The summed E-state index contributed by atoms with van der Waals surface area (Å²) >= 11 is 0. The number of nitrogens with one attached hydrogen (secondary N) is 2. The lowest BCUT2D eigenvalue weighted by Gasteiger charge is -2.18. The highest BCUT2D eigenvalue weighted by Gasteiger charge is 2.06. The number of urea groups is 1. The first-order valence-corrected chi connectivity index (χ1v) is 2.74. The van der Waals surface area contributed by atoms with E-state index in [1.165, 1.54) is 5.01 Å². The topological polar surface area (TPSA) is 70.4 Å². The van der Waals surface area contributed by atoms with E-state index in [9.17, 15) is 4.79 Å². The number of amides is 2. The molecule has 0 spiro atoms. The van der Waals surface area contributed by atoms with Gasteiger partial charge in [-0.3, -0.25) is 10.9 Å². The van der Waals surface area contributed by atoms with E-state index in [2.05, 4.69) is 5.43 Å². The van der Waals surface area contributed by atoms with Crippen LogP contribution >= 0.6 is 0 Å². The first-order chi connectivity index (χ1) is 4.84. The van der Waals surface area contributed by atoms with Crippen molar-refractivity contribution in [3.05, 3.63) is 24.6 Å². The molecule has 0 saturated carbocycles. The van der Waals surface area contributed by atoms with Gasteiger partial charge in [0, 0.05) is 12.4 Å². The molecule has 5 nitrogen and oxygen atoms in total. The Morgan fingerprint density at radius 3 is 2.90 bits per heavy atom. The summed E-state index contributed by atoms with van der Waals surface area (Å²) in [5.41, 5.74) is 4.62. The quantitative estimate of drug-likeness (QED) is 0.239. The van der Waals surface area contributed by atoms with Crippen LogP contribution in [0.1, 0.15) is 0 Å². The minimum absolute atomic E-state index is 0.402. The molecule has 0 atom stereocenters. The molecule has 0 unspecified atom stereocenters. The van der Waals surface area contributed by atoms with Gasteiger partial charge in [0.1, 0.15) is 0 Å². The molecule has 0 radical (unpaired) electrons. The standard InChI is InChI=1S/C5H8N4O/c6-8-5(10)9-4-2-1-3-7-9/h1-4,7H,6H2,(H,8,10). The first kappa shape index (κ1) is 6.63. The van der Waals surface area contributed by atoms with Crippen LogP contribution in [-0.2, 0) is 0 Å². The number of hydrazine groups is 2. The lowest BCUT2D eigenvalue weighted by Crippen LogP contribution is -2.46. The molecule has 1 heterocycles. The number of rotatable bonds is 0. The number of carbonyl (C=O) groups excluding carboxylic acids is 1. The van der Waals surface area contributed by atoms with Crippen molar-refractivity contribution in [1.82, 2.24) is 15.9 Å². The molecule has 0 aromatic rings. The number of nitrogens with two attached hydrogens (primary N) is 1. The lowest BCUT2D eigenvalue weighted by molar-refractivity contribution is 0.205. The average Bonchev–Trinajstić information content (AvgIpc) is 2.05. The summed E-state index contributed by atoms with van der Waals surface area (Å²) in [5.74, 6) is 4.86. The SMILES string of the molecule is NNC(=O)N1C=CC=CN1. The monoisotopic (exact) mass is 140 g/mol. The Kier molecular flexibility index (Phi) is 1.91. The lowest BCUT2D eigenvalue weighted by atomic mass is 10.5. The van der Waals surface area contributed by atoms with Crippen molar-refractivity contribution < 1.29 is 4.79 Å². The highest BCUT2D eigenvalue weighted by molar-refractivity contribution is 5.74. The minimum Gasteiger partial charge on any atom is -0.298 e. The summed E-state index contributed by atoms with van der Waals surface area (Å²) < 4.78 is 0. The van der Waals surface area contributed by atoms with Gasteiger partial charge in [0.05, 0.1) is 0 Å². The first-order valence-electron chi connectivity index (χ1n) is 2.74. The van der Waals surface area contributed by atoms with E-state index < -0.39 is 6.03 Å². The zero-order chi connectivity index (χ0) is 7.40. The predicted octanol–water partition coefficient (Wildman–Crippen LogP) is -0.583. The maximum absolute atomic E-state index is 10.7. The number of nitrogens with zero attached hydrogens (tertiary/aromatic N) is 1. The van der Waals surface area contributed by atoms with E-state index in [4.69, 9.17) is 5.84 Å². The van der Waals surface area contributed by atoms with Gasteiger partial charge in [-0.05, 0) is 12.2 Å². The third-order valence-electron chi connectivity index (χ3n) is 0.998. The van der Waals surface area contributed by atoms with Crippen LogP contribution in [0.15, 0.2) is 24.6 Å². The summed E-state index contributed by atoms with van der Waals surface area (Å²) in [7, 11) is 0. The second kappa shape index (κ2) is 2.88. The van der Waals surface area contributed by atoms with Crippen LogP contribution in [0.4, 0.5) is 4.79 Å². The van der Waals surface area contributed by atoms with Gasteiger partial charge in [0.2, 0.25) is 0 Å². The molecule has 54 valence electrons. The van der Waals surface area contributed by atoms with E-state index in [1.54, 1.807) is 24.6 Å². The largest absolute Gasteiger partial charge is 0.354 e. The molecule has 1 aliphatic heterocycles. The zero-order valence-electron chi connectivity index (χ0n) is 5.24. The molecule has 0 bridgehead atoms. The smallest absolute Gasteiger partial charge is 0.298 e. The van der Waals surface area contributed by atoms with Crippen LogP contribution in [0.3, 0.4) is 0 Å². The van der Waals surface area contributed by atoms with Crippen molar-refractivity contribution in [3.63, 3.8) is 0 Å². The van der Waals surface area contributed by atoms with Crippen molar-refractivity contribution in [2.45, 2.75) is 0 Å². The molecule has 0 saturated heterocycles. The summed E-state index contributed by atoms with van der Waals surface area (Å²) in [6.45, 7) is 0. The molecule has 0 aliphatic carbocycles. The van der Waals surface area contributed by atoms with Gasteiger partial charge in [-0.2, -0.15) is 0 Å². The van der Waals surface area contributed by atoms with Crippen LogP contribution in [-0.4, -0.2) is 11.0 Å². The average molecular weight is 140 g/mol. The second-order valence-electron chi connectivity index (χ2n) is 1.65. The molecule has 5 heteroatoms. The summed E-state index contributed by atoms with van der Waals surface area (Å²) in [4.78, 5) is 10.7. The molecular weight excluding hydrogens is 132 g/mol. The van der Waals surface area contributed by atoms with Gasteiger partial charge in [-0.25, -0.2) is 15.6 Å². The second-order valence-corrected chi connectivity index (χ2v) is 1.65. The van der Waals surface area contributed by atoms with Gasteiger partial charge < -0.3 is 0 Å². The maximum Gasteiger partial charge on any atom is 0.354 e.